The second-order valence-corrected chi connectivity index (χ2v) is 5.80. The number of aliphatic hydroxyl groups is 1. The van der Waals surface area contributed by atoms with Gasteiger partial charge in [-0.15, -0.1) is 0 Å². The number of nitrogens with one attached hydrogen (secondary N) is 1. The van der Waals surface area contributed by atoms with Gasteiger partial charge in [0, 0.05) is 25.3 Å². The molecule has 2 N–H and O–H groups in total. The van der Waals surface area contributed by atoms with Crippen LogP contribution in [0.5, 0.6) is 0 Å². The Morgan fingerprint density at radius 3 is 1.83 bits per heavy atom. The fourth-order valence-corrected chi connectivity index (χ4v) is 2.02. The van der Waals surface area contributed by atoms with E-state index >= 15 is 0 Å². The van der Waals surface area contributed by atoms with Gasteiger partial charge in [-0.25, -0.2) is 4.39 Å². The van der Waals surface area contributed by atoms with E-state index in [-0.39, 0.29) is 23.4 Å². The molecule has 4 nitrogen and oxygen atoms in total. The summed E-state index contributed by atoms with van der Waals surface area (Å²) in [5.74, 6) is -0.268. The molecule has 0 aromatic heterocycles. The number of ketones is 1. The van der Waals surface area contributed by atoms with Crippen molar-refractivity contribution in [3.8, 4) is 11.1 Å². The summed E-state index contributed by atoms with van der Waals surface area (Å²) in [5.41, 5.74) is 2.87. The molecule has 0 aliphatic rings. The van der Waals surface area contributed by atoms with Crippen molar-refractivity contribution in [1.82, 2.24) is 5.32 Å². The first kappa shape index (κ1) is 28.4. The first-order valence-corrected chi connectivity index (χ1v) is 9.45. The number of carbonyl (C=O) groups excluding carboxylic acids is 2. The highest BCUT2D eigenvalue weighted by Gasteiger charge is 2.09. The number of aliphatic hydroxyl groups excluding tert-OH is 1. The predicted octanol–water partition coefficient (Wildman–Crippen LogP) is 5.27. The maximum atomic E-state index is 13.5. The molecule has 2 rings (SSSR count). The van der Waals surface area contributed by atoms with Crippen LogP contribution in [0.3, 0.4) is 0 Å². The molecule has 5 heteroatoms. The van der Waals surface area contributed by atoms with Crippen LogP contribution in [0.1, 0.15) is 45.0 Å². The number of hydrogen-bond acceptors (Lipinski definition) is 3. The fourth-order valence-electron chi connectivity index (χ4n) is 2.02. The fraction of sp³-hybridized carbons (Fsp3) is 0.333. The van der Waals surface area contributed by atoms with Crippen LogP contribution in [0.15, 0.2) is 60.7 Å². The Bertz CT molecular complexity index is 755. The molecule has 0 heterocycles. The van der Waals surface area contributed by atoms with Crippen LogP contribution in [0.2, 0.25) is 0 Å². The van der Waals surface area contributed by atoms with E-state index in [1.807, 2.05) is 27.7 Å². The largest absolute Gasteiger partial charge is 0.400 e. The van der Waals surface area contributed by atoms with E-state index in [2.05, 4.69) is 11.9 Å². The summed E-state index contributed by atoms with van der Waals surface area (Å²) < 4.78 is 13.5. The Labute approximate surface area is 174 Å². The van der Waals surface area contributed by atoms with Crippen molar-refractivity contribution >= 4 is 11.7 Å². The lowest BCUT2D eigenvalue weighted by Crippen LogP contribution is -2.25. The summed E-state index contributed by atoms with van der Waals surface area (Å²) in [5, 5.41) is 9.55. The molecule has 2 aromatic carbocycles. The molecule has 0 aliphatic heterocycles. The molecule has 1 amide bonds. The Kier molecular flexibility index (Phi) is 15.9. The maximum Gasteiger partial charge on any atom is 0.226 e. The first-order chi connectivity index (χ1) is 13.8. The van der Waals surface area contributed by atoms with Gasteiger partial charge in [0.25, 0.3) is 0 Å². The van der Waals surface area contributed by atoms with E-state index in [1.54, 1.807) is 49.5 Å². The van der Waals surface area contributed by atoms with Crippen molar-refractivity contribution in [2.24, 2.45) is 5.92 Å². The average Bonchev–Trinajstić information content (AvgIpc) is 2.76. The third-order valence-electron chi connectivity index (χ3n) is 3.86. The minimum Gasteiger partial charge on any atom is -0.400 e. The van der Waals surface area contributed by atoms with Gasteiger partial charge in [-0.1, -0.05) is 68.5 Å². The lowest BCUT2D eigenvalue weighted by atomic mass is 10.0. The summed E-state index contributed by atoms with van der Waals surface area (Å²) >= 11 is 0. The quantitative estimate of drug-likeness (QED) is 0.539. The SMILES string of the molecule is C=C(C)C(C)C(=O)NC.CC.CC(=O)c1ccc(-c2ccccc2F)cc1.CO. The van der Waals surface area contributed by atoms with Crippen LogP contribution in [0, 0.1) is 11.7 Å². The molecule has 160 valence electrons. The van der Waals surface area contributed by atoms with E-state index in [9.17, 15) is 14.0 Å². The second-order valence-electron chi connectivity index (χ2n) is 5.80. The zero-order chi connectivity index (χ0) is 23.0. The van der Waals surface area contributed by atoms with Gasteiger partial charge in [-0.3, -0.25) is 9.59 Å². The number of Topliss-reactive ketones (excluding diaryl/α,β-unsaturated/α-hetero) is 1. The summed E-state index contributed by atoms with van der Waals surface area (Å²) in [7, 11) is 2.63. The molecule has 0 saturated heterocycles. The van der Waals surface area contributed by atoms with Gasteiger partial charge in [-0.2, -0.15) is 0 Å². The molecule has 0 bridgehead atoms. The Morgan fingerprint density at radius 2 is 1.48 bits per heavy atom. The van der Waals surface area contributed by atoms with Crippen molar-refractivity contribution in [3.05, 3.63) is 72.1 Å². The third kappa shape index (κ3) is 10.4. The highest BCUT2D eigenvalue weighted by atomic mass is 19.1. The Balaban J connectivity index is 0. The zero-order valence-electron chi connectivity index (χ0n) is 18.5. The molecule has 29 heavy (non-hydrogen) atoms. The van der Waals surface area contributed by atoms with Crippen molar-refractivity contribution in [1.29, 1.82) is 0 Å². The molecule has 0 saturated carbocycles. The van der Waals surface area contributed by atoms with Crippen LogP contribution in [0.25, 0.3) is 11.1 Å². The van der Waals surface area contributed by atoms with Crippen molar-refractivity contribution in [2.45, 2.75) is 34.6 Å². The van der Waals surface area contributed by atoms with Gasteiger partial charge in [0.2, 0.25) is 5.91 Å². The second kappa shape index (κ2) is 16.2. The summed E-state index contributed by atoms with van der Waals surface area (Å²) in [6, 6.07) is 13.5. The molecule has 0 fully saturated rings. The average molecular weight is 404 g/mol. The monoisotopic (exact) mass is 403 g/mol. The lowest BCUT2D eigenvalue weighted by molar-refractivity contribution is -0.122. The van der Waals surface area contributed by atoms with Gasteiger partial charge >= 0.3 is 0 Å². The lowest BCUT2D eigenvalue weighted by Gasteiger charge is -2.07. The molecular formula is C24H34FNO3. The minimum atomic E-state index is -0.252. The van der Waals surface area contributed by atoms with Crippen molar-refractivity contribution in [3.63, 3.8) is 0 Å². The van der Waals surface area contributed by atoms with Crippen LogP contribution < -0.4 is 5.32 Å². The first-order valence-electron chi connectivity index (χ1n) is 9.45. The number of amides is 1. The van der Waals surface area contributed by atoms with Gasteiger partial charge in [0.05, 0.1) is 5.92 Å². The van der Waals surface area contributed by atoms with Gasteiger partial charge in [0.1, 0.15) is 5.82 Å². The van der Waals surface area contributed by atoms with Gasteiger partial charge in [-0.05, 0) is 32.4 Å². The third-order valence-corrected chi connectivity index (χ3v) is 3.86. The smallest absolute Gasteiger partial charge is 0.226 e. The number of rotatable bonds is 4. The summed E-state index contributed by atoms with van der Waals surface area (Å²) in [6.07, 6.45) is 0. The number of halogens is 1. The molecular weight excluding hydrogens is 369 g/mol. The molecule has 1 unspecified atom stereocenters. The van der Waals surface area contributed by atoms with E-state index in [0.717, 1.165) is 18.2 Å². The van der Waals surface area contributed by atoms with Crippen LogP contribution >= 0.6 is 0 Å². The summed E-state index contributed by atoms with van der Waals surface area (Å²) in [6.45, 7) is 12.9. The highest BCUT2D eigenvalue weighted by Crippen LogP contribution is 2.22. The number of benzene rings is 2. The van der Waals surface area contributed by atoms with Crippen LogP contribution in [-0.4, -0.2) is 31.0 Å². The molecule has 0 radical (unpaired) electrons. The standard InChI is InChI=1S/C14H11FO.C7H13NO.C2H6.CH4O/c1-10(16)11-6-8-12(9-7-11)13-4-2-3-5-14(13)15;1-5(2)6(3)7(9)8-4;2*1-2/h2-9H,1H3;6H,1H2,2-4H3,(H,8,9);1-2H3;2H,1H3. The normalized spacial score (nSPS) is 9.83. The number of carbonyl (C=O) groups is 2. The molecule has 0 aliphatic carbocycles. The minimum absolute atomic E-state index is 0.0140. The Hall–Kier alpha value is -2.79. The van der Waals surface area contributed by atoms with Crippen molar-refractivity contribution < 1.29 is 19.1 Å². The van der Waals surface area contributed by atoms with Gasteiger partial charge < -0.3 is 10.4 Å². The highest BCUT2D eigenvalue weighted by molar-refractivity contribution is 5.94. The zero-order valence-corrected chi connectivity index (χ0v) is 18.5. The topological polar surface area (TPSA) is 66.4 Å². The number of hydrogen-bond donors (Lipinski definition) is 2. The molecule has 1 atom stereocenters. The van der Waals surface area contributed by atoms with Crippen molar-refractivity contribution in [2.75, 3.05) is 14.2 Å². The van der Waals surface area contributed by atoms with E-state index in [4.69, 9.17) is 5.11 Å². The van der Waals surface area contributed by atoms with E-state index in [0.29, 0.717) is 11.1 Å². The maximum absolute atomic E-state index is 13.5. The van der Waals surface area contributed by atoms with E-state index < -0.39 is 0 Å². The van der Waals surface area contributed by atoms with E-state index in [1.165, 1.54) is 13.0 Å². The van der Waals surface area contributed by atoms with Crippen LogP contribution in [0.4, 0.5) is 4.39 Å². The molecule has 0 spiro atoms. The molecule has 2 aromatic rings. The Morgan fingerprint density at radius 1 is 1.00 bits per heavy atom. The predicted molar refractivity (Wildman–Crippen MR) is 119 cm³/mol. The summed E-state index contributed by atoms with van der Waals surface area (Å²) in [4.78, 5) is 21.9. The van der Waals surface area contributed by atoms with Crippen LogP contribution in [-0.2, 0) is 4.79 Å². The van der Waals surface area contributed by atoms with Gasteiger partial charge in [0.15, 0.2) is 5.78 Å².